The summed E-state index contributed by atoms with van der Waals surface area (Å²) in [5.41, 5.74) is 6.14. The number of aliphatic hydroxyl groups is 1. The van der Waals surface area contributed by atoms with Crippen molar-refractivity contribution in [3.05, 3.63) is 102 Å². The number of anilines is 3. The first-order valence-electron chi connectivity index (χ1n) is 13.8. The van der Waals surface area contributed by atoms with Gasteiger partial charge in [0.1, 0.15) is 18.0 Å². The highest BCUT2D eigenvalue weighted by atomic mass is 19.1. The second-order valence-electron chi connectivity index (χ2n) is 9.98. The van der Waals surface area contributed by atoms with Crippen LogP contribution in [-0.4, -0.2) is 58.8 Å². The number of benzene rings is 3. The number of aliphatic hydroxyl groups excluding tert-OH is 1. The Kier molecular flexibility index (Phi) is 9.50. The molecule has 0 radical (unpaired) electrons. The maximum Gasteiger partial charge on any atom is 0.169 e. The third-order valence-corrected chi connectivity index (χ3v) is 6.87. The first kappa shape index (κ1) is 28.9. The van der Waals surface area contributed by atoms with Gasteiger partial charge in [0.25, 0.3) is 0 Å². The van der Waals surface area contributed by atoms with Crippen molar-refractivity contribution in [2.45, 2.75) is 19.2 Å². The topological polar surface area (TPSA) is 122 Å². The molecule has 0 amide bonds. The second kappa shape index (κ2) is 13.8. The third kappa shape index (κ3) is 7.35. The Balaban J connectivity index is 1.30. The number of fused-ring (bicyclic) bond motifs is 1. The number of nitrogens with two attached hydrogens (primary N) is 1. The van der Waals surface area contributed by atoms with Crippen LogP contribution in [0.2, 0.25) is 0 Å². The van der Waals surface area contributed by atoms with Gasteiger partial charge in [-0.2, -0.15) is 0 Å². The first-order chi connectivity index (χ1) is 20.5. The molecule has 10 heteroatoms. The lowest BCUT2D eigenvalue weighted by atomic mass is 10.1. The molecule has 42 heavy (non-hydrogen) atoms. The lowest BCUT2D eigenvalue weighted by Gasteiger charge is -2.13. The second-order valence-corrected chi connectivity index (χ2v) is 9.98. The van der Waals surface area contributed by atoms with Gasteiger partial charge >= 0.3 is 0 Å². The van der Waals surface area contributed by atoms with Gasteiger partial charge in [0, 0.05) is 62.4 Å². The zero-order valence-electron chi connectivity index (χ0n) is 23.4. The molecule has 0 saturated heterocycles. The molecule has 0 bridgehead atoms. The molecule has 6 N–H and O–H groups in total. The van der Waals surface area contributed by atoms with Crippen molar-refractivity contribution in [1.82, 2.24) is 19.9 Å². The molecule has 9 nitrogen and oxygen atoms in total. The normalized spacial score (nSPS) is 11.9. The molecular formula is C32H35FN7O2+. The van der Waals surface area contributed by atoms with Crippen LogP contribution in [0.5, 0.6) is 0 Å². The molecule has 0 fully saturated rings. The van der Waals surface area contributed by atoms with Gasteiger partial charge in [0.15, 0.2) is 6.21 Å². The minimum Gasteiger partial charge on any atom is -0.390 e. The van der Waals surface area contributed by atoms with Crippen molar-refractivity contribution in [3.63, 3.8) is 0 Å². The van der Waals surface area contributed by atoms with Crippen LogP contribution in [0.3, 0.4) is 0 Å². The number of nitrogens with one attached hydrogen (secondary N) is 3. The van der Waals surface area contributed by atoms with Gasteiger partial charge in [-0.15, -0.1) is 0 Å². The van der Waals surface area contributed by atoms with E-state index in [1.165, 1.54) is 24.7 Å². The standard InChI is InChI=1S/C32H34FN7O2/c1-42-12-10-35-18-28(41)20-40-11-9-24(19-40)23-5-7-31-29(15-23)32(38-21-37-31)39-27-6-8-30(25(14-27)16-34)36-17-22-3-2-4-26(33)13-22/h2-9,11,13-16,19,21,28,34-36,41H,10,12,17-18,20H2,1H3,(H,37,38,39)/p+1. The number of halogens is 1. The summed E-state index contributed by atoms with van der Waals surface area (Å²) in [6.07, 6.45) is 6.55. The highest BCUT2D eigenvalue weighted by Gasteiger charge is 2.11. The summed E-state index contributed by atoms with van der Waals surface area (Å²) < 4.78 is 20.6. The number of hydrogen-bond acceptors (Lipinski definition) is 7. The van der Waals surface area contributed by atoms with E-state index in [1.807, 2.05) is 59.4 Å². The van der Waals surface area contributed by atoms with Crippen molar-refractivity contribution in [3.8, 4) is 11.1 Å². The number of methoxy groups -OCH3 is 1. The predicted molar refractivity (Wildman–Crippen MR) is 164 cm³/mol. The van der Waals surface area contributed by atoms with E-state index in [0.717, 1.165) is 44.5 Å². The van der Waals surface area contributed by atoms with Crippen molar-refractivity contribution >= 4 is 34.3 Å². The smallest absolute Gasteiger partial charge is 0.169 e. The Hall–Kier alpha value is -4.64. The molecule has 216 valence electrons. The summed E-state index contributed by atoms with van der Waals surface area (Å²) in [7, 11) is 1.66. The zero-order chi connectivity index (χ0) is 29.3. The Morgan fingerprint density at radius 3 is 2.81 bits per heavy atom. The highest BCUT2D eigenvalue weighted by molar-refractivity contribution is 5.94. The zero-order valence-corrected chi connectivity index (χ0v) is 23.4. The molecule has 1 atom stereocenters. The molecule has 2 aromatic heterocycles. The summed E-state index contributed by atoms with van der Waals surface area (Å²) in [5, 5.41) is 27.1. The van der Waals surface area contributed by atoms with E-state index >= 15 is 0 Å². The summed E-state index contributed by atoms with van der Waals surface area (Å²) in [4.78, 5) is 8.96. The monoisotopic (exact) mass is 568 g/mol. The molecular weight excluding hydrogens is 533 g/mol. The lowest BCUT2D eigenvalue weighted by molar-refractivity contribution is -0.104. The molecule has 0 aliphatic rings. The van der Waals surface area contributed by atoms with Crippen LogP contribution in [0.25, 0.3) is 22.0 Å². The maximum absolute atomic E-state index is 13.5. The van der Waals surface area contributed by atoms with Crippen LogP contribution in [0.4, 0.5) is 21.6 Å². The van der Waals surface area contributed by atoms with Gasteiger partial charge in [-0.3, -0.25) is 5.41 Å². The fraction of sp³-hybridized carbons (Fsp3) is 0.219. The van der Waals surface area contributed by atoms with Gasteiger partial charge < -0.3 is 30.4 Å². The number of aromatic nitrogens is 3. The Bertz CT molecular complexity index is 1660. The fourth-order valence-electron chi connectivity index (χ4n) is 4.73. The van der Waals surface area contributed by atoms with Gasteiger partial charge in [-0.25, -0.2) is 14.4 Å². The lowest BCUT2D eigenvalue weighted by Crippen LogP contribution is -2.31. The van der Waals surface area contributed by atoms with E-state index in [4.69, 9.17) is 10.1 Å². The van der Waals surface area contributed by atoms with E-state index < -0.39 is 6.10 Å². The SMILES string of the molecule is COCCNCC(O)Cn1ccc(-c2ccc3ncnc(Nc4ccc(NCc5cccc(F)c5)c(C=[NH2+])c4)c3c2)c1. The maximum atomic E-state index is 13.5. The summed E-state index contributed by atoms with van der Waals surface area (Å²) in [6, 6.07) is 20.4. The van der Waals surface area contributed by atoms with Gasteiger partial charge in [-0.05, 0) is 65.2 Å². The Labute approximate surface area is 243 Å². The Morgan fingerprint density at radius 2 is 1.98 bits per heavy atom. The van der Waals surface area contributed by atoms with Crippen LogP contribution >= 0.6 is 0 Å². The number of nitrogens with zero attached hydrogens (tertiary/aromatic N) is 3. The van der Waals surface area contributed by atoms with E-state index in [0.29, 0.717) is 38.6 Å². The summed E-state index contributed by atoms with van der Waals surface area (Å²) >= 11 is 0. The molecule has 0 spiro atoms. The number of ether oxygens (including phenoxy) is 1. The molecule has 0 aliphatic heterocycles. The average molecular weight is 569 g/mol. The van der Waals surface area contributed by atoms with E-state index in [1.54, 1.807) is 13.2 Å². The van der Waals surface area contributed by atoms with Crippen LogP contribution in [-0.2, 0) is 17.8 Å². The van der Waals surface area contributed by atoms with E-state index in [2.05, 4.69) is 32.0 Å². The van der Waals surface area contributed by atoms with Crippen molar-refractivity contribution in [1.29, 1.82) is 0 Å². The van der Waals surface area contributed by atoms with Crippen LogP contribution in [0.1, 0.15) is 11.1 Å². The molecule has 0 aliphatic carbocycles. The number of hydrogen-bond donors (Lipinski definition) is 5. The first-order valence-corrected chi connectivity index (χ1v) is 13.8. The molecule has 0 saturated carbocycles. The van der Waals surface area contributed by atoms with E-state index in [9.17, 15) is 9.50 Å². The van der Waals surface area contributed by atoms with Crippen molar-refractivity contribution < 1.29 is 19.6 Å². The molecule has 1 unspecified atom stereocenters. The van der Waals surface area contributed by atoms with Crippen molar-refractivity contribution in [2.75, 3.05) is 37.4 Å². The van der Waals surface area contributed by atoms with Gasteiger partial charge in [-0.1, -0.05) is 18.2 Å². The minimum absolute atomic E-state index is 0.266. The minimum atomic E-state index is -0.513. The largest absolute Gasteiger partial charge is 0.390 e. The van der Waals surface area contributed by atoms with E-state index in [-0.39, 0.29) is 5.82 Å². The van der Waals surface area contributed by atoms with Crippen LogP contribution in [0, 0.1) is 5.82 Å². The molecule has 5 rings (SSSR count). The summed E-state index contributed by atoms with van der Waals surface area (Å²) in [6.45, 7) is 2.75. The van der Waals surface area contributed by atoms with Crippen LogP contribution < -0.4 is 21.4 Å². The van der Waals surface area contributed by atoms with Gasteiger partial charge in [0.05, 0.1) is 23.8 Å². The summed E-state index contributed by atoms with van der Waals surface area (Å²) in [5.74, 6) is 0.403. The van der Waals surface area contributed by atoms with Crippen molar-refractivity contribution in [2.24, 2.45) is 0 Å². The predicted octanol–water partition coefficient (Wildman–Crippen LogP) is 3.37. The molecule has 5 aromatic rings. The quantitative estimate of drug-likeness (QED) is 0.103. The fourth-order valence-corrected chi connectivity index (χ4v) is 4.73. The highest BCUT2D eigenvalue weighted by Crippen LogP contribution is 2.30. The molecule has 3 aromatic carbocycles. The van der Waals surface area contributed by atoms with Gasteiger partial charge in [0.2, 0.25) is 0 Å². The van der Waals surface area contributed by atoms with Crippen LogP contribution in [0.15, 0.2) is 85.5 Å². The third-order valence-electron chi connectivity index (χ3n) is 6.87. The Morgan fingerprint density at radius 1 is 1.07 bits per heavy atom. The number of rotatable bonds is 14. The average Bonchev–Trinajstić information content (AvgIpc) is 3.47. The molecule has 2 heterocycles.